The second-order valence-electron chi connectivity index (χ2n) is 13.1. The van der Waals surface area contributed by atoms with Crippen LogP contribution in [0, 0.1) is 6.92 Å². The van der Waals surface area contributed by atoms with Gasteiger partial charge in [0.15, 0.2) is 0 Å². The van der Waals surface area contributed by atoms with Crippen LogP contribution in [0.4, 0.5) is 0 Å². The molecule has 0 amide bonds. The molecule has 0 unspecified atom stereocenters. The number of allylic oxidation sites excluding steroid dienone is 12. The number of nitrogens with zero attached hydrogens (tertiary/aromatic N) is 2. The first kappa shape index (κ1) is 34.3. The van der Waals surface area contributed by atoms with Crippen LogP contribution in [0.5, 0.6) is 0 Å². The summed E-state index contributed by atoms with van der Waals surface area (Å²) < 4.78 is 0. The molecule has 0 saturated heterocycles. The normalized spacial score (nSPS) is 15.5. The number of aliphatic imine (C=N–C) groups is 2. The molecule has 2 aliphatic carbocycles. The Bertz CT molecular complexity index is 2110. The van der Waals surface area contributed by atoms with Crippen LogP contribution in [0.15, 0.2) is 173 Å². The second-order valence-corrected chi connectivity index (χ2v) is 13.1. The summed E-state index contributed by atoms with van der Waals surface area (Å²) in [5.74, 6) is 0. The second kappa shape index (κ2) is 16.2. The zero-order valence-electron chi connectivity index (χ0n) is 29.6. The summed E-state index contributed by atoms with van der Waals surface area (Å²) >= 11 is 0. The standard InChI is InChI=1S/C48H46N2/c1-34-17-12-14-25-44(34)48(45-26-15-13-18-35(45)2)37(4)36(3)42-23-16-24-43(31-42)47(50-33-38-19-8-6-9-20-38)32-46(49-5)41-29-27-40(28-30-41)39-21-10-7-11-22-39/h6-10,12,14-17,19-21,23-32H,3,5,11,13,18,22,33H2,1-2,4H3/b46-32-,48-37+,50-47?. The highest BCUT2D eigenvalue weighted by atomic mass is 14.8. The Labute approximate surface area is 298 Å². The third kappa shape index (κ3) is 7.98. The summed E-state index contributed by atoms with van der Waals surface area (Å²) in [5, 5.41) is 0. The zero-order valence-corrected chi connectivity index (χ0v) is 29.6. The Morgan fingerprint density at radius 2 is 1.52 bits per heavy atom. The molecule has 0 saturated carbocycles. The van der Waals surface area contributed by atoms with E-state index in [0.29, 0.717) is 6.54 Å². The van der Waals surface area contributed by atoms with Crippen LogP contribution in [0.2, 0.25) is 0 Å². The van der Waals surface area contributed by atoms with E-state index in [1.54, 1.807) is 0 Å². The minimum Gasteiger partial charge on any atom is -0.280 e. The zero-order chi connectivity index (χ0) is 34.9. The molecule has 6 rings (SSSR count). The Hall–Kier alpha value is -5.60. The molecule has 0 radical (unpaired) electrons. The molecule has 248 valence electrons. The molecular weight excluding hydrogens is 605 g/mol. The minimum absolute atomic E-state index is 0.555. The fraction of sp³-hybridized carbons (Fsp3) is 0.167. The van der Waals surface area contributed by atoms with Gasteiger partial charge >= 0.3 is 0 Å². The summed E-state index contributed by atoms with van der Waals surface area (Å²) in [6, 6.07) is 36.3. The monoisotopic (exact) mass is 650 g/mol. The van der Waals surface area contributed by atoms with Gasteiger partial charge in [0.05, 0.1) is 18.0 Å². The summed E-state index contributed by atoms with van der Waals surface area (Å²) in [4.78, 5) is 9.67. The molecule has 0 N–H and O–H groups in total. The highest BCUT2D eigenvalue weighted by Gasteiger charge is 2.19. The van der Waals surface area contributed by atoms with Crippen molar-refractivity contribution in [1.82, 2.24) is 0 Å². The lowest BCUT2D eigenvalue weighted by molar-refractivity contribution is 0.949. The predicted octanol–water partition coefficient (Wildman–Crippen LogP) is 12.6. The number of aryl methyl sites for hydroxylation is 1. The summed E-state index contributed by atoms with van der Waals surface area (Å²) in [7, 11) is 0. The number of rotatable bonds is 11. The van der Waals surface area contributed by atoms with Crippen molar-refractivity contribution < 1.29 is 0 Å². The van der Waals surface area contributed by atoms with Gasteiger partial charge in [0.25, 0.3) is 0 Å². The molecular formula is C48H46N2. The fourth-order valence-corrected chi connectivity index (χ4v) is 6.74. The minimum atomic E-state index is 0.555. The average molecular weight is 651 g/mol. The van der Waals surface area contributed by atoms with E-state index in [1.807, 2.05) is 6.07 Å². The van der Waals surface area contributed by atoms with Gasteiger partial charge in [-0.2, -0.15) is 0 Å². The van der Waals surface area contributed by atoms with Crippen molar-refractivity contribution in [2.75, 3.05) is 0 Å². The lowest BCUT2D eigenvalue weighted by Crippen LogP contribution is -2.03. The van der Waals surface area contributed by atoms with Crippen LogP contribution in [-0.4, -0.2) is 12.4 Å². The molecule has 0 heterocycles. The molecule has 0 aromatic heterocycles. The van der Waals surface area contributed by atoms with E-state index < -0.39 is 0 Å². The van der Waals surface area contributed by atoms with E-state index in [4.69, 9.17) is 4.99 Å². The highest BCUT2D eigenvalue weighted by Crippen LogP contribution is 2.39. The fourth-order valence-electron chi connectivity index (χ4n) is 6.74. The topological polar surface area (TPSA) is 24.7 Å². The van der Waals surface area contributed by atoms with E-state index in [2.05, 4.69) is 173 Å². The van der Waals surface area contributed by atoms with Crippen molar-refractivity contribution >= 4 is 34.8 Å². The Kier molecular flexibility index (Phi) is 11.1. The third-order valence-corrected chi connectivity index (χ3v) is 9.73. The molecule has 4 aromatic rings. The quantitative estimate of drug-likeness (QED) is 0.114. The highest BCUT2D eigenvalue weighted by molar-refractivity contribution is 6.13. The molecule has 0 bridgehead atoms. The maximum atomic E-state index is 5.17. The Morgan fingerprint density at radius 1 is 0.780 bits per heavy atom. The third-order valence-electron chi connectivity index (χ3n) is 9.73. The van der Waals surface area contributed by atoms with Gasteiger partial charge in [0, 0.05) is 11.1 Å². The molecule has 0 fully saturated rings. The predicted molar refractivity (Wildman–Crippen MR) is 217 cm³/mol. The molecule has 2 nitrogen and oxygen atoms in total. The molecule has 0 aliphatic heterocycles. The van der Waals surface area contributed by atoms with E-state index in [1.165, 1.54) is 44.6 Å². The first-order chi connectivity index (χ1) is 24.4. The van der Waals surface area contributed by atoms with Crippen LogP contribution in [-0.2, 0) is 6.54 Å². The maximum Gasteiger partial charge on any atom is 0.0716 e. The van der Waals surface area contributed by atoms with Crippen LogP contribution in [0.3, 0.4) is 0 Å². The van der Waals surface area contributed by atoms with Crippen molar-refractivity contribution in [3.63, 3.8) is 0 Å². The first-order valence-electron chi connectivity index (χ1n) is 17.6. The van der Waals surface area contributed by atoms with Gasteiger partial charge in [-0.1, -0.05) is 140 Å². The number of hydrogen-bond donors (Lipinski definition) is 0. The maximum absolute atomic E-state index is 5.17. The summed E-state index contributed by atoms with van der Waals surface area (Å²) in [6.07, 6.45) is 17.5. The number of hydrogen-bond acceptors (Lipinski definition) is 2. The summed E-state index contributed by atoms with van der Waals surface area (Å²) in [5.41, 5.74) is 17.1. The van der Waals surface area contributed by atoms with Crippen molar-refractivity contribution in [1.29, 1.82) is 0 Å². The van der Waals surface area contributed by atoms with Gasteiger partial charge in [-0.25, -0.2) is 0 Å². The van der Waals surface area contributed by atoms with Crippen molar-refractivity contribution in [2.24, 2.45) is 9.98 Å². The van der Waals surface area contributed by atoms with E-state index in [-0.39, 0.29) is 0 Å². The number of benzene rings is 4. The summed E-state index contributed by atoms with van der Waals surface area (Å²) in [6.45, 7) is 15.9. The molecule has 0 atom stereocenters. The van der Waals surface area contributed by atoms with Crippen molar-refractivity contribution in [2.45, 2.75) is 53.0 Å². The lowest BCUT2D eigenvalue weighted by atomic mass is 9.82. The van der Waals surface area contributed by atoms with Gasteiger partial charge in [0.2, 0.25) is 0 Å². The van der Waals surface area contributed by atoms with E-state index in [0.717, 1.165) is 64.9 Å². The van der Waals surface area contributed by atoms with Gasteiger partial charge < -0.3 is 0 Å². The molecule has 0 spiro atoms. The van der Waals surface area contributed by atoms with Crippen LogP contribution < -0.4 is 0 Å². The van der Waals surface area contributed by atoms with Gasteiger partial charge in [0.1, 0.15) is 0 Å². The van der Waals surface area contributed by atoms with Crippen LogP contribution in [0.25, 0.3) is 22.4 Å². The van der Waals surface area contributed by atoms with Crippen LogP contribution >= 0.6 is 0 Å². The molecule has 2 aliphatic rings. The average Bonchev–Trinajstić information content (AvgIpc) is 3.17. The first-order valence-corrected chi connectivity index (χ1v) is 17.6. The van der Waals surface area contributed by atoms with Gasteiger partial charge in [-0.3, -0.25) is 9.98 Å². The Morgan fingerprint density at radius 3 is 2.24 bits per heavy atom. The van der Waals surface area contributed by atoms with Crippen molar-refractivity contribution in [3.05, 3.63) is 202 Å². The lowest BCUT2D eigenvalue weighted by Gasteiger charge is -2.22. The molecule has 4 aromatic carbocycles. The smallest absolute Gasteiger partial charge is 0.0716 e. The molecule has 50 heavy (non-hydrogen) atoms. The Balaban J connectivity index is 1.41. The largest absolute Gasteiger partial charge is 0.280 e. The molecule has 2 heteroatoms. The van der Waals surface area contributed by atoms with E-state index in [9.17, 15) is 0 Å². The van der Waals surface area contributed by atoms with E-state index >= 15 is 0 Å². The van der Waals surface area contributed by atoms with Gasteiger partial charge in [-0.15, -0.1) is 0 Å². The van der Waals surface area contributed by atoms with Crippen molar-refractivity contribution in [3.8, 4) is 0 Å². The SMILES string of the molecule is C=N/C(=C\C(=NCc1ccccc1)c1cccc(C(=C)/C(C)=C(/C2=C(C)CCC=C2)c2ccccc2C)c1)c1ccc(C2=CC=CCC2)cc1. The van der Waals surface area contributed by atoms with Gasteiger partial charge in [-0.05, 0) is 121 Å². The van der Waals surface area contributed by atoms with Crippen LogP contribution in [0.1, 0.15) is 78.5 Å².